The Bertz CT molecular complexity index is 298. The van der Waals surface area contributed by atoms with Gasteiger partial charge >= 0.3 is 0 Å². The van der Waals surface area contributed by atoms with E-state index < -0.39 is 22.7 Å². The topological polar surface area (TPSA) is 3.24 Å². The molecule has 0 saturated carbocycles. The van der Waals surface area contributed by atoms with Crippen molar-refractivity contribution in [2.24, 2.45) is 0 Å². The van der Waals surface area contributed by atoms with Crippen LogP contribution in [0.15, 0.2) is 12.1 Å². The third-order valence-corrected chi connectivity index (χ3v) is 1.44. The van der Waals surface area contributed by atoms with Crippen LogP contribution in [0.3, 0.4) is 0 Å². The minimum absolute atomic E-state index is 0.00176. The molecule has 0 aliphatic rings. The maximum atomic E-state index is 12.6. The summed E-state index contributed by atoms with van der Waals surface area (Å²) in [5.74, 6) is -2.77. The Morgan fingerprint density at radius 1 is 1.08 bits per heavy atom. The van der Waals surface area contributed by atoms with Crippen LogP contribution >= 0.6 is 0 Å². The number of hydrogen-bond donors (Lipinski definition) is 0. The summed E-state index contributed by atoms with van der Waals surface area (Å²) in [7, 11) is 0. The van der Waals surface area contributed by atoms with Crippen LogP contribution in [0.25, 0.3) is 0 Å². The highest BCUT2D eigenvalue weighted by Crippen LogP contribution is 2.24. The van der Waals surface area contributed by atoms with E-state index in [4.69, 9.17) is 0 Å². The summed E-state index contributed by atoms with van der Waals surface area (Å²) < 4.78 is 48.8. The van der Waals surface area contributed by atoms with Gasteiger partial charge in [-0.2, -0.15) is 0 Å². The molecule has 0 aliphatic heterocycles. The first kappa shape index (κ1) is 8.83. The van der Waals surface area contributed by atoms with E-state index in [0.717, 1.165) is 12.1 Å². The van der Waals surface area contributed by atoms with Gasteiger partial charge in [0.05, 0.1) is 0 Å². The Morgan fingerprint density at radius 2 is 1.67 bits per heavy atom. The predicted molar refractivity (Wildman–Crippen MR) is 35.8 cm³/mol. The molecule has 0 aromatic heterocycles. The Morgan fingerprint density at radius 3 is 2.17 bits per heavy atom. The van der Waals surface area contributed by atoms with Crippen molar-refractivity contribution in [2.75, 3.05) is 5.34 Å². The summed E-state index contributed by atoms with van der Waals surface area (Å²) in [6.45, 7) is 1.29. The summed E-state index contributed by atoms with van der Waals surface area (Å²) in [4.78, 5) is 0. The van der Waals surface area contributed by atoms with Crippen LogP contribution < -0.4 is 5.34 Å². The van der Waals surface area contributed by atoms with Crippen LogP contribution in [0.5, 0.6) is 0 Å². The molecule has 0 atom stereocenters. The van der Waals surface area contributed by atoms with Crippen LogP contribution in [0.4, 0.5) is 23.4 Å². The lowest BCUT2D eigenvalue weighted by atomic mass is 10.2. The van der Waals surface area contributed by atoms with Gasteiger partial charge in [-0.25, -0.2) is 8.78 Å². The molecule has 1 rings (SSSR count). The van der Waals surface area contributed by atoms with Crippen molar-refractivity contribution in [3.05, 3.63) is 29.3 Å². The van der Waals surface area contributed by atoms with Crippen LogP contribution in [0.2, 0.25) is 0 Å². The van der Waals surface area contributed by atoms with Crippen molar-refractivity contribution >= 4 is 5.69 Å². The normalized spacial score (nSPS) is 10.1. The van der Waals surface area contributed by atoms with E-state index in [1.165, 1.54) is 6.92 Å². The second kappa shape index (κ2) is 3.00. The fourth-order valence-electron chi connectivity index (χ4n) is 0.766. The summed E-state index contributed by atoms with van der Waals surface area (Å²) in [6.07, 6.45) is 0. The molecule has 0 saturated heterocycles. The number of halogens is 4. The Hall–Kier alpha value is -1.26. The molecule has 0 fully saturated rings. The molecule has 0 aliphatic carbocycles. The first-order valence-electron chi connectivity index (χ1n) is 3.10. The lowest BCUT2D eigenvalue weighted by molar-refractivity contribution is 0.229. The van der Waals surface area contributed by atoms with E-state index in [2.05, 4.69) is 0 Å². The van der Waals surface area contributed by atoms with Gasteiger partial charge in [-0.15, -0.1) is 0 Å². The molecule has 0 bridgehead atoms. The lowest BCUT2D eigenvalue weighted by Crippen LogP contribution is -2.02. The van der Waals surface area contributed by atoms with E-state index in [1.54, 1.807) is 0 Å². The third-order valence-electron chi connectivity index (χ3n) is 1.44. The van der Waals surface area contributed by atoms with Crippen molar-refractivity contribution < 1.29 is 17.7 Å². The van der Waals surface area contributed by atoms with Crippen LogP contribution in [0, 0.1) is 18.6 Å². The molecule has 1 aromatic carbocycles. The first-order chi connectivity index (χ1) is 5.54. The van der Waals surface area contributed by atoms with E-state index in [-0.39, 0.29) is 5.56 Å². The van der Waals surface area contributed by atoms with E-state index in [9.17, 15) is 17.7 Å². The molecule has 1 aromatic rings. The first-order valence-corrected chi connectivity index (χ1v) is 3.10. The predicted octanol–water partition coefficient (Wildman–Crippen LogP) is 2.85. The van der Waals surface area contributed by atoms with Gasteiger partial charge in [0.15, 0.2) is 11.6 Å². The minimum atomic E-state index is -1.53. The number of rotatable bonds is 1. The summed E-state index contributed by atoms with van der Waals surface area (Å²) in [6, 6.07) is 1.90. The Kier molecular flexibility index (Phi) is 2.21. The van der Waals surface area contributed by atoms with Gasteiger partial charge in [0, 0.05) is 0 Å². The maximum Gasteiger partial charge on any atom is 0.188 e. The van der Waals surface area contributed by atoms with Gasteiger partial charge in [-0.05, 0) is 23.9 Å². The van der Waals surface area contributed by atoms with Crippen molar-refractivity contribution in [3.8, 4) is 0 Å². The van der Waals surface area contributed by atoms with Crippen LogP contribution in [-0.2, 0) is 0 Å². The fraction of sp³-hybridized carbons (Fsp3) is 0.143. The quantitative estimate of drug-likeness (QED) is 0.473. The standard InChI is InChI=1S/C7H5F4N/c1-4-2-3-5(12(10)11)7(9)6(4)8/h2-3H,1H3. The average molecular weight is 179 g/mol. The van der Waals surface area contributed by atoms with Crippen LogP contribution in [-0.4, -0.2) is 0 Å². The van der Waals surface area contributed by atoms with Gasteiger partial charge in [-0.3, -0.25) is 0 Å². The summed E-state index contributed by atoms with van der Waals surface area (Å²) in [5.41, 5.74) is -1.06. The molecule has 1 nitrogen and oxygen atoms in total. The average Bonchev–Trinajstić information content (AvgIpc) is 2.00. The van der Waals surface area contributed by atoms with Crippen LogP contribution in [0.1, 0.15) is 5.56 Å². The second-order valence-electron chi connectivity index (χ2n) is 2.26. The summed E-state index contributed by atoms with van der Waals surface area (Å²) >= 11 is 0. The third kappa shape index (κ3) is 1.34. The van der Waals surface area contributed by atoms with Gasteiger partial charge in [-0.1, -0.05) is 15.0 Å². The van der Waals surface area contributed by atoms with Gasteiger partial charge in [0.2, 0.25) is 0 Å². The van der Waals surface area contributed by atoms with Gasteiger partial charge < -0.3 is 0 Å². The van der Waals surface area contributed by atoms with Gasteiger partial charge in [0.25, 0.3) is 0 Å². The molecule has 0 heterocycles. The molecule has 12 heavy (non-hydrogen) atoms. The molecule has 0 amide bonds. The highest BCUT2D eigenvalue weighted by Gasteiger charge is 2.15. The monoisotopic (exact) mass is 179 g/mol. The zero-order valence-corrected chi connectivity index (χ0v) is 6.11. The van der Waals surface area contributed by atoms with E-state index >= 15 is 0 Å². The van der Waals surface area contributed by atoms with Crippen molar-refractivity contribution in [1.29, 1.82) is 0 Å². The zero-order valence-electron chi connectivity index (χ0n) is 6.11. The van der Waals surface area contributed by atoms with Crippen molar-refractivity contribution in [2.45, 2.75) is 6.92 Å². The lowest BCUT2D eigenvalue weighted by Gasteiger charge is -2.05. The fourth-order valence-corrected chi connectivity index (χ4v) is 0.766. The maximum absolute atomic E-state index is 12.6. The molecule has 0 unspecified atom stereocenters. The number of nitrogens with zero attached hydrogens (tertiary/aromatic N) is 1. The SMILES string of the molecule is Cc1ccc(N(F)F)c(F)c1F. The van der Waals surface area contributed by atoms with Gasteiger partial charge in [0.1, 0.15) is 5.69 Å². The molecule has 5 heteroatoms. The summed E-state index contributed by atoms with van der Waals surface area (Å²) in [5, 5.41) is -1.46. The molecule has 0 spiro atoms. The highest BCUT2D eigenvalue weighted by atomic mass is 19.4. The number of anilines is 1. The van der Waals surface area contributed by atoms with E-state index in [1.807, 2.05) is 0 Å². The molecule has 0 N–H and O–H groups in total. The largest absolute Gasteiger partial charge is 0.203 e. The molecular formula is C7H5F4N. The highest BCUT2D eigenvalue weighted by molar-refractivity contribution is 5.45. The van der Waals surface area contributed by atoms with Crippen molar-refractivity contribution in [1.82, 2.24) is 0 Å². The van der Waals surface area contributed by atoms with E-state index in [0.29, 0.717) is 0 Å². The molecular weight excluding hydrogens is 174 g/mol. The Labute approximate surface area is 66.1 Å². The zero-order chi connectivity index (χ0) is 9.30. The minimum Gasteiger partial charge on any atom is -0.203 e. The number of hydrogen-bond acceptors (Lipinski definition) is 1. The Balaban J connectivity index is 3.27. The molecule has 66 valence electrons. The molecule has 0 radical (unpaired) electrons. The number of aryl methyl sites for hydroxylation is 1. The number of benzene rings is 1. The smallest absolute Gasteiger partial charge is 0.188 e. The van der Waals surface area contributed by atoms with Crippen molar-refractivity contribution in [3.63, 3.8) is 0 Å². The second-order valence-corrected chi connectivity index (χ2v) is 2.26.